The molecule has 1 N–H and O–H groups in total. The van der Waals surface area contributed by atoms with Crippen LogP contribution in [0.15, 0.2) is 30.3 Å². The van der Waals surface area contributed by atoms with Crippen LogP contribution in [0, 0.1) is 27.7 Å². The summed E-state index contributed by atoms with van der Waals surface area (Å²) < 4.78 is 0. The van der Waals surface area contributed by atoms with Crippen molar-refractivity contribution in [2.75, 3.05) is 0 Å². The quantitative estimate of drug-likeness (QED) is 0.844. The second-order valence-corrected chi connectivity index (χ2v) is 6.49. The molecule has 0 aliphatic heterocycles. The summed E-state index contributed by atoms with van der Waals surface area (Å²) in [5.41, 5.74) is 9.74. The van der Waals surface area contributed by atoms with Gasteiger partial charge in [0.05, 0.1) is 0 Å². The summed E-state index contributed by atoms with van der Waals surface area (Å²) in [4.78, 5) is 0. The molecule has 1 aliphatic carbocycles. The molecule has 0 saturated heterocycles. The number of benzene rings is 2. The molecule has 0 amide bonds. The minimum atomic E-state index is 0.762. The Morgan fingerprint density at radius 2 is 1.62 bits per heavy atom. The van der Waals surface area contributed by atoms with E-state index in [-0.39, 0.29) is 0 Å². The van der Waals surface area contributed by atoms with Gasteiger partial charge in [-0.25, -0.2) is 0 Å². The first-order valence-electron chi connectivity index (χ1n) is 7.96. The van der Waals surface area contributed by atoms with Crippen molar-refractivity contribution in [3.8, 4) is 11.1 Å². The monoisotopic (exact) mass is 279 g/mol. The molecule has 1 saturated carbocycles. The molecule has 110 valence electrons. The molecular formula is C20H25N. The Labute approximate surface area is 128 Å². The summed E-state index contributed by atoms with van der Waals surface area (Å²) in [6.07, 6.45) is 2.68. The highest BCUT2D eigenvalue weighted by Gasteiger charge is 2.20. The average Bonchev–Trinajstić information content (AvgIpc) is 3.28. The normalized spacial score (nSPS) is 14.5. The predicted octanol–water partition coefficient (Wildman–Crippen LogP) is 4.84. The highest BCUT2D eigenvalue weighted by molar-refractivity contribution is 5.73. The molecule has 1 nitrogen and oxygen atoms in total. The van der Waals surface area contributed by atoms with Crippen molar-refractivity contribution >= 4 is 0 Å². The Hall–Kier alpha value is -1.60. The molecule has 0 radical (unpaired) electrons. The van der Waals surface area contributed by atoms with E-state index < -0.39 is 0 Å². The molecule has 0 bridgehead atoms. The van der Waals surface area contributed by atoms with Crippen LogP contribution in [-0.2, 0) is 6.54 Å². The van der Waals surface area contributed by atoms with Crippen LogP contribution in [0.3, 0.4) is 0 Å². The van der Waals surface area contributed by atoms with Crippen molar-refractivity contribution < 1.29 is 0 Å². The molecule has 2 aromatic rings. The van der Waals surface area contributed by atoms with Crippen molar-refractivity contribution in [2.45, 2.75) is 53.1 Å². The van der Waals surface area contributed by atoms with E-state index in [4.69, 9.17) is 0 Å². The molecular weight excluding hydrogens is 254 g/mol. The number of rotatable bonds is 4. The zero-order valence-electron chi connectivity index (χ0n) is 13.6. The van der Waals surface area contributed by atoms with E-state index in [1.54, 1.807) is 0 Å². The van der Waals surface area contributed by atoms with Crippen LogP contribution in [0.4, 0.5) is 0 Å². The smallest absolute Gasteiger partial charge is 0.0208 e. The fourth-order valence-corrected chi connectivity index (χ4v) is 3.04. The third-order valence-corrected chi connectivity index (χ3v) is 4.75. The van der Waals surface area contributed by atoms with Gasteiger partial charge in [-0.05, 0) is 85.5 Å². The Bertz CT molecular complexity index is 640. The molecule has 0 spiro atoms. The van der Waals surface area contributed by atoms with Gasteiger partial charge in [0.15, 0.2) is 0 Å². The van der Waals surface area contributed by atoms with Crippen LogP contribution in [0.5, 0.6) is 0 Å². The molecule has 0 aromatic heterocycles. The highest BCUT2D eigenvalue weighted by Crippen LogP contribution is 2.32. The van der Waals surface area contributed by atoms with E-state index in [2.05, 4.69) is 63.3 Å². The first-order valence-corrected chi connectivity index (χ1v) is 7.96. The summed E-state index contributed by atoms with van der Waals surface area (Å²) in [6, 6.07) is 12.1. The SMILES string of the molecule is Cc1cc(C)c(C)c(-c2cccc(CNC3CC3)c2)c1C. The maximum atomic E-state index is 3.60. The number of nitrogens with one attached hydrogen (secondary N) is 1. The van der Waals surface area contributed by atoms with Crippen LogP contribution in [-0.4, -0.2) is 6.04 Å². The second-order valence-electron chi connectivity index (χ2n) is 6.49. The molecule has 1 fully saturated rings. The highest BCUT2D eigenvalue weighted by atomic mass is 14.9. The van der Waals surface area contributed by atoms with Gasteiger partial charge >= 0.3 is 0 Å². The van der Waals surface area contributed by atoms with Gasteiger partial charge < -0.3 is 5.32 Å². The van der Waals surface area contributed by atoms with Crippen molar-refractivity contribution in [1.82, 2.24) is 5.32 Å². The van der Waals surface area contributed by atoms with E-state index in [0.717, 1.165) is 12.6 Å². The summed E-state index contributed by atoms with van der Waals surface area (Å²) in [5, 5.41) is 3.60. The summed E-state index contributed by atoms with van der Waals surface area (Å²) in [5.74, 6) is 0. The first-order chi connectivity index (χ1) is 10.1. The maximum absolute atomic E-state index is 3.60. The van der Waals surface area contributed by atoms with Gasteiger partial charge in [0.1, 0.15) is 0 Å². The lowest BCUT2D eigenvalue weighted by molar-refractivity contribution is 0.688. The Morgan fingerprint density at radius 1 is 0.952 bits per heavy atom. The van der Waals surface area contributed by atoms with Gasteiger partial charge in [-0.2, -0.15) is 0 Å². The molecule has 2 aromatic carbocycles. The molecule has 0 atom stereocenters. The zero-order valence-corrected chi connectivity index (χ0v) is 13.6. The van der Waals surface area contributed by atoms with Gasteiger partial charge in [-0.3, -0.25) is 0 Å². The lowest BCUT2D eigenvalue weighted by atomic mass is 9.89. The van der Waals surface area contributed by atoms with E-state index in [0.29, 0.717) is 0 Å². The Morgan fingerprint density at radius 3 is 2.24 bits per heavy atom. The van der Waals surface area contributed by atoms with Gasteiger partial charge in [-0.15, -0.1) is 0 Å². The predicted molar refractivity (Wildman–Crippen MR) is 90.7 cm³/mol. The summed E-state index contributed by atoms with van der Waals surface area (Å²) in [7, 11) is 0. The molecule has 21 heavy (non-hydrogen) atoms. The minimum absolute atomic E-state index is 0.762. The van der Waals surface area contributed by atoms with Crippen molar-refractivity contribution in [3.63, 3.8) is 0 Å². The van der Waals surface area contributed by atoms with E-state index >= 15 is 0 Å². The third-order valence-electron chi connectivity index (χ3n) is 4.75. The molecule has 3 rings (SSSR count). The first kappa shape index (κ1) is 14.3. The van der Waals surface area contributed by atoms with Gasteiger partial charge in [0.25, 0.3) is 0 Å². The van der Waals surface area contributed by atoms with Gasteiger partial charge in [0, 0.05) is 12.6 Å². The van der Waals surface area contributed by atoms with Crippen LogP contribution in [0.1, 0.15) is 40.7 Å². The molecule has 0 heterocycles. The molecule has 1 aliphatic rings. The van der Waals surface area contributed by atoms with Crippen LogP contribution in [0.2, 0.25) is 0 Å². The largest absolute Gasteiger partial charge is 0.310 e. The number of hydrogen-bond acceptors (Lipinski definition) is 1. The fourth-order valence-electron chi connectivity index (χ4n) is 3.04. The zero-order chi connectivity index (χ0) is 15.0. The number of aryl methyl sites for hydroxylation is 2. The topological polar surface area (TPSA) is 12.0 Å². The van der Waals surface area contributed by atoms with Crippen LogP contribution < -0.4 is 5.32 Å². The van der Waals surface area contributed by atoms with Crippen molar-refractivity contribution in [2.24, 2.45) is 0 Å². The van der Waals surface area contributed by atoms with Crippen LogP contribution >= 0.6 is 0 Å². The second kappa shape index (κ2) is 5.65. The minimum Gasteiger partial charge on any atom is -0.310 e. The molecule has 0 unspecified atom stereocenters. The van der Waals surface area contributed by atoms with E-state index in [1.165, 1.54) is 51.8 Å². The van der Waals surface area contributed by atoms with Gasteiger partial charge in [-0.1, -0.05) is 24.3 Å². The average molecular weight is 279 g/mol. The lowest BCUT2D eigenvalue weighted by Gasteiger charge is -2.16. The van der Waals surface area contributed by atoms with Gasteiger partial charge in [0.2, 0.25) is 0 Å². The fraction of sp³-hybridized carbons (Fsp3) is 0.400. The summed E-state index contributed by atoms with van der Waals surface area (Å²) in [6.45, 7) is 9.90. The Balaban J connectivity index is 1.97. The lowest BCUT2D eigenvalue weighted by Crippen LogP contribution is -2.15. The summed E-state index contributed by atoms with van der Waals surface area (Å²) >= 11 is 0. The molecule has 1 heteroatoms. The van der Waals surface area contributed by atoms with Crippen molar-refractivity contribution in [3.05, 3.63) is 58.1 Å². The third kappa shape index (κ3) is 3.03. The standard InChI is InChI=1S/C20H25N/c1-13-10-14(2)16(4)20(15(13)3)18-7-5-6-17(11-18)12-21-19-8-9-19/h5-7,10-11,19,21H,8-9,12H2,1-4H3. The van der Waals surface area contributed by atoms with Crippen LogP contribution in [0.25, 0.3) is 11.1 Å². The number of hydrogen-bond donors (Lipinski definition) is 1. The van der Waals surface area contributed by atoms with Crippen molar-refractivity contribution in [1.29, 1.82) is 0 Å². The van der Waals surface area contributed by atoms with E-state index in [9.17, 15) is 0 Å². The Kier molecular flexibility index (Phi) is 3.86. The van der Waals surface area contributed by atoms with E-state index in [1.807, 2.05) is 0 Å². The maximum Gasteiger partial charge on any atom is 0.0208 e.